The van der Waals surface area contributed by atoms with Crippen LogP contribution >= 0.6 is 47.4 Å². The van der Waals surface area contributed by atoms with Crippen LogP contribution in [0.15, 0.2) is 48.5 Å². The largest absolute Gasteiger partial charge is 0.496 e. The summed E-state index contributed by atoms with van der Waals surface area (Å²) in [5, 5.41) is 0. The highest BCUT2D eigenvalue weighted by Gasteiger charge is 2.31. The van der Waals surface area contributed by atoms with Gasteiger partial charge in [-0.15, -0.1) is 24.8 Å². The number of nitrogens with zero attached hydrogens (tertiary/aromatic N) is 1. The fourth-order valence-electron chi connectivity index (χ4n) is 3.47. The molecule has 2 aromatic rings. The first-order valence-corrected chi connectivity index (χ1v) is 9.14. The summed E-state index contributed by atoms with van der Waals surface area (Å²) in [6.45, 7) is 1.94. The number of hydrogen-bond donors (Lipinski definition) is 1. The van der Waals surface area contributed by atoms with E-state index in [1.165, 1.54) is 14.7 Å². The zero-order chi connectivity index (χ0) is 16.2. The number of methoxy groups -OCH3 is 1. The zero-order valence-electron chi connectivity index (χ0n) is 14.2. The van der Waals surface area contributed by atoms with Gasteiger partial charge in [0.25, 0.3) is 0 Å². The Bertz CT molecular complexity index is 671. The van der Waals surface area contributed by atoms with Crippen molar-refractivity contribution in [2.45, 2.75) is 31.5 Å². The molecule has 3 rings (SSSR count). The standard InChI is InChI=1S/C19H23IN2O.2ClH/c1-23-18-11-5-2-7-14(18)13-22-12-6-10-17(21)19(22)15-8-3-4-9-16(15)20;;/h2-5,7-9,11,17,19H,6,10,12-13,21H2,1H3;2*1H. The first-order chi connectivity index (χ1) is 11.2. The minimum absolute atomic E-state index is 0. The van der Waals surface area contributed by atoms with Crippen LogP contribution in [0.3, 0.4) is 0 Å². The fraction of sp³-hybridized carbons (Fsp3) is 0.368. The van der Waals surface area contributed by atoms with Gasteiger partial charge in [0.2, 0.25) is 0 Å². The summed E-state index contributed by atoms with van der Waals surface area (Å²) >= 11 is 2.42. The third kappa shape index (κ3) is 5.23. The smallest absolute Gasteiger partial charge is 0.123 e. The molecule has 3 nitrogen and oxygen atoms in total. The van der Waals surface area contributed by atoms with E-state index in [0.29, 0.717) is 0 Å². The topological polar surface area (TPSA) is 38.5 Å². The minimum Gasteiger partial charge on any atom is -0.496 e. The van der Waals surface area contributed by atoms with Crippen LogP contribution in [-0.4, -0.2) is 24.6 Å². The van der Waals surface area contributed by atoms with E-state index in [0.717, 1.165) is 31.7 Å². The van der Waals surface area contributed by atoms with E-state index in [2.05, 4.69) is 63.9 Å². The lowest BCUT2D eigenvalue weighted by Gasteiger charge is -2.40. The Hall–Kier alpha value is -0.530. The van der Waals surface area contributed by atoms with Crippen LogP contribution in [0.4, 0.5) is 0 Å². The van der Waals surface area contributed by atoms with E-state index >= 15 is 0 Å². The van der Waals surface area contributed by atoms with Gasteiger partial charge in [-0.3, -0.25) is 4.90 Å². The SMILES string of the molecule is COc1ccccc1CN1CCCC(N)C1c1ccccc1I.Cl.Cl. The second kappa shape index (κ2) is 10.6. The highest BCUT2D eigenvalue weighted by atomic mass is 127. The molecule has 2 atom stereocenters. The number of piperidine rings is 1. The number of likely N-dealkylation sites (tertiary alicyclic amines) is 1. The molecule has 1 saturated heterocycles. The Balaban J connectivity index is 0.00000156. The van der Waals surface area contributed by atoms with Crippen molar-refractivity contribution in [1.29, 1.82) is 0 Å². The van der Waals surface area contributed by atoms with Crippen LogP contribution in [0.5, 0.6) is 5.75 Å². The summed E-state index contributed by atoms with van der Waals surface area (Å²) in [6.07, 6.45) is 2.23. The van der Waals surface area contributed by atoms with Crippen molar-refractivity contribution in [3.8, 4) is 5.75 Å². The molecule has 1 fully saturated rings. The lowest BCUT2D eigenvalue weighted by atomic mass is 9.90. The molecule has 1 aliphatic rings. The van der Waals surface area contributed by atoms with Gasteiger partial charge >= 0.3 is 0 Å². The molecule has 6 heteroatoms. The first-order valence-electron chi connectivity index (χ1n) is 8.06. The predicted octanol–water partition coefficient (Wildman–Crippen LogP) is 4.81. The van der Waals surface area contributed by atoms with Crippen molar-refractivity contribution in [3.63, 3.8) is 0 Å². The van der Waals surface area contributed by atoms with Gasteiger partial charge in [0.15, 0.2) is 0 Å². The van der Waals surface area contributed by atoms with Gasteiger partial charge in [-0.2, -0.15) is 0 Å². The van der Waals surface area contributed by atoms with E-state index in [-0.39, 0.29) is 36.9 Å². The van der Waals surface area contributed by atoms with Crippen molar-refractivity contribution in [3.05, 3.63) is 63.2 Å². The Morgan fingerprint density at radius 2 is 1.80 bits per heavy atom. The predicted molar refractivity (Wildman–Crippen MR) is 117 cm³/mol. The normalized spacial score (nSPS) is 20.3. The molecule has 0 radical (unpaired) electrons. The number of benzene rings is 2. The van der Waals surface area contributed by atoms with Crippen LogP contribution in [0.25, 0.3) is 0 Å². The molecule has 25 heavy (non-hydrogen) atoms. The molecule has 0 aliphatic carbocycles. The number of rotatable bonds is 4. The number of nitrogens with two attached hydrogens (primary N) is 1. The van der Waals surface area contributed by atoms with E-state index in [1.807, 2.05) is 12.1 Å². The number of halogens is 3. The van der Waals surface area contributed by atoms with Gasteiger partial charge in [0.05, 0.1) is 13.2 Å². The van der Waals surface area contributed by atoms with Crippen LogP contribution in [0.2, 0.25) is 0 Å². The van der Waals surface area contributed by atoms with E-state index in [4.69, 9.17) is 10.5 Å². The highest BCUT2D eigenvalue weighted by molar-refractivity contribution is 14.1. The van der Waals surface area contributed by atoms with Crippen LogP contribution in [-0.2, 0) is 6.54 Å². The van der Waals surface area contributed by atoms with Crippen molar-refractivity contribution >= 4 is 47.4 Å². The van der Waals surface area contributed by atoms with Gasteiger partial charge in [-0.05, 0) is 59.7 Å². The Morgan fingerprint density at radius 3 is 2.52 bits per heavy atom. The monoisotopic (exact) mass is 494 g/mol. The third-order valence-corrected chi connectivity index (χ3v) is 5.55. The molecule has 138 valence electrons. The Morgan fingerprint density at radius 1 is 1.12 bits per heavy atom. The molecule has 1 aliphatic heterocycles. The van der Waals surface area contributed by atoms with Crippen molar-refractivity contribution < 1.29 is 4.74 Å². The maximum atomic E-state index is 6.52. The van der Waals surface area contributed by atoms with Crippen molar-refractivity contribution in [2.24, 2.45) is 5.73 Å². The molecule has 0 amide bonds. The number of ether oxygens (including phenoxy) is 1. The van der Waals surface area contributed by atoms with Gasteiger partial charge < -0.3 is 10.5 Å². The van der Waals surface area contributed by atoms with Crippen molar-refractivity contribution in [1.82, 2.24) is 4.90 Å². The number of hydrogen-bond acceptors (Lipinski definition) is 3. The van der Waals surface area contributed by atoms with Crippen molar-refractivity contribution in [2.75, 3.05) is 13.7 Å². The van der Waals surface area contributed by atoms with Crippen LogP contribution in [0.1, 0.15) is 30.0 Å². The lowest BCUT2D eigenvalue weighted by Crippen LogP contribution is -2.45. The summed E-state index contributed by atoms with van der Waals surface area (Å²) in [5.41, 5.74) is 9.08. The summed E-state index contributed by atoms with van der Waals surface area (Å²) in [5.74, 6) is 0.952. The van der Waals surface area contributed by atoms with E-state index in [9.17, 15) is 0 Å². The molecule has 2 aromatic carbocycles. The lowest BCUT2D eigenvalue weighted by molar-refractivity contribution is 0.119. The zero-order valence-corrected chi connectivity index (χ0v) is 18.0. The van der Waals surface area contributed by atoms with Gasteiger partial charge in [0, 0.05) is 21.7 Å². The van der Waals surface area contributed by atoms with Crippen LogP contribution < -0.4 is 10.5 Å². The second-order valence-electron chi connectivity index (χ2n) is 6.05. The molecule has 0 bridgehead atoms. The molecule has 0 spiro atoms. The highest BCUT2D eigenvalue weighted by Crippen LogP contribution is 2.35. The summed E-state index contributed by atoms with van der Waals surface area (Å²) in [6, 6.07) is 17.3. The summed E-state index contributed by atoms with van der Waals surface area (Å²) in [7, 11) is 1.73. The molecule has 2 unspecified atom stereocenters. The van der Waals surface area contributed by atoms with E-state index < -0.39 is 0 Å². The molecular formula is C19H25Cl2IN2O. The Kier molecular flexibility index (Phi) is 9.52. The van der Waals surface area contributed by atoms with Gasteiger partial charge in [-0.1, -0.05) is 36.4 Å². The third-order valence-electron chi connectivity index (χ3n) is 4.57. The Labute approximate surface area is 176 Å². The van der Waals surface area contributed by atoms with Gasteiger partial charge in [0.1, 0.15) is 5.75 Å². The molecular weight excluding hydrogens is 470 g/mol. The molecule has 1 heterocycles. The van der Waals surface area contributed by atoms with Crippen LogP contribution in [0, 0.1) is 3.57 Å². The summed E-state index contributed by atoms with van der Waals surface area (Å²) < 4.78 is 6.81. The molecule has 0 aromatic heterocycles. The quantitative estimate of drug-likeness (QED) is 0.620. The average Bonchev–Trinajstić information content (AvgIpc) is 2.57. The maximum Gasteiger partial charge on any atom is 0.123 e. The molecule has 0 saturated carbocycles. The molecule has 2 N–H and O–H groups in total. The minimum atomic E-state index is 0. The summed E-state index contributed by atoms with van der Waals surface area (Å²) in [4.78, 5) is 2.50. The average molecular weight is 495 g/mol. The first kappa shape index (κ1) is 22.5. The van der Waals surface area contributed by atoms with Gasteiger partial charge in [-0.25, -0.2) is 0 Å². The maximum absolute atomic E-state index is 6.52. The second-order valence-corrected chi connectivity index (χ2v) is 7.22. The number of para-hydroxylation sites is 1. The fourth-order valence-corrected chi connectivity index (χ4v) is 4.18. The van der Waals surface area contributed by atoms with E-state index in [1.54, 1.807) is 7.11 Å².